The summed E-state index contributed by atoms with van der Waals surface area (Å²) >= 11 is 2.13. The first kappa shape index (κ1) is 17.4. The molecule has 1 fully saturated rings. The van der Waals surface area contributed by atoms with E-state index in [0.29, 0.717) is 0 Å². The van der Waals surface area contributed by atoms with E-state index in [1.54, 1.807) is 0 Å². The molecule has 0 saturated carbocycles. The standard InChI is InChI=1S/C17H35NS/c1-2-3-4-5-6-7-8-9-10-11-13-18-15-17-12-14-19-16-17/h17-18H,2-16H2,1H3. The van der Waals surface area contributed by atoms with Crippen LogP contribution in [-0.2, 0) is 0 Å². The van der Waals surface area contributed by atoms with Crippen molar-refractivity contribution in [1.29, 1.82) is 0 Å². The fourth-order valence-corrected chi connectivity index (χ4v) is 4.07. The predicted molar refractivity (Wildman–Crippen MR) is 90.1 cm³/mol. The van der Waals surface area contributed by atoms with Crippen LogP contribution in [-0.4, -0.2) is 24.6 Å². The molecule has 1 saturated heterocycles. The zero-order chi connectivity index (χ0) is 13.6. The van der Waals surface area contributed by atoms with Gasteiger partial charge in [0, 0.05) is 0 Å². The van der Waals surface area contributed by atoms with Crippen LogP contribution in [0.5, 0.6) is 0 Å². The third-order valence-electron chi connectivity index (χ3n) is 4.16. The largest absolute Gasteiger partial charge is 0.316 e. The van der Waals surface area contributed by atoms with Gasteiger partial charge in [-0.3, -0.25) is 0 Å². The summed E-state index contributed by atoms with van der Waals surface area (Å²) in [5.41, 5.74) is 0. The SMILES string of the molecule is CCCCCCCCCCCCNCC1CCSC1. The molecule has 0 aromatic carbocycles. The van der Waals surface area contributed by atoms with E-state index in [-0.39, 0.29) is 0 Å². The van der Waals surface area contributed by atoms with Gasteiger partial charge in [0.25, 0.3) is 0 Å². The van der Waals surface area contributed by atoms with E-state index < -0.39 is 0 Å². The summed E-state index contributed by atoms with van der Waals surface area (Å²) in [6, 6.07) is 0. The predicted octanol–water partition coefficient (Wildman–Crippen LogP) is 5.25. The minimum absolute atomic E-state index is 0.966. The highest BCUT2D eigenvalue weighted by Gasteiger charge is 2.13. The van der Waals surface area contributed by atoms with E-state index in [1.807, 2.05) is 0 Å². The maximum Gasteiger partial charge on any atom is -0.00123 e. The Morgan fingerprint density at radius 3 is 2.11 bits per heavy atom. The molecule has 0 aliphatic carbocycles. The van der Waals surface area contributed by atoms with Crippen molar-refractivity contribution in [2.45, 2.75) is 77.6 Å². The monoisotopic (exact) mass is 285 g/mol. The van der Waals surface area contributed by atoms with Crippen LogP contribution in [0.1, 0.15) is 77.6 Å². The van der Waals surface area contributed by atoms with Crippen molar-refractivity contribution in [3.63, 3.8) is 0 Å². The molecule has 1 rings (SSSR count). The van der Waals surface area contributed by atoms with Crippen molar-refractivity contribution >= 4 is 11.8 Å². The van der Waals surface area contributed by atoms with Gasteiger partial charge in [0.15, 0.2) is 0 Å². The summed E-state index contributed by atoms with van der Waals surface area (Å²) < 4.78 is 0. The van der Waals surface area contributed by atoms with Crippen LogP contribution < -0.4 is 5.32 Å². The molecular weight excluding hydrogens is 250 g/mol. The number of unbranched alkanes of at least 4 members (excludes halogenated alkanes) is 9. The Bertz CT molecular complexity index is 178. The van der Waals surface area contributed by atoms with Crippen LogP contribution in [0.15, 0.2) is 0 Å². The molecule has 1 aliphatic rings. The molecule has 1 atom stereocenters. The lowest BCUT2D eigenvalue weighted by Crippen LogP contribution is -2.23. The first-order chi connectivity index (χ1) is 9.43. The van der Waals surface area contributed by atoms with E-state index in [4.69, 9.17) is 0 Å². The quantitative estimate of drug-likeness (QED) is 0.464. The van der Waals surface area contributed by atoms with Gasteiger partial charge in [-0.15, -0.1) is 0 Å². The van der Waals surface area contributed by atoms with Gasteiger partial charge in [-0.2, -0.15) is 11.8 Å². The minimum atomic E-state index is 0.966. The van der Waals surface area contributed by atoms with Crippen LogP contribution in [0.25, 0.3) is 0 Å². The summed E-state index contributed by atoms with van der Waals surface area (Å²) in [5.74, 6) is 3.75. The van der Waals surface area contributed by atoms with Gasteiger partial charge in [-0.05, 0) is 43.4 Å². The molecule has 0 spiro atoms. The molecule has 0 bridgehead atoms. The molecule has 0 radical (unpaired) electrons. The Labute approximate surface area is 125 Å². The fourth-order valence-electron chi connectivity index (χ4n) is 2.79. The zero-order valence-corrected chi connectivity index (χ0v) is 13.9. The van der Waals surface area contributed by atoms with Crippen LogP contribution in [0.2, 0.25) is 0 Å². The summed E-state index contributed by atoms with van der Waals surface area (Å²) in [7, 11) is 0. The molecule has 114 valence electrons. The Kier molecular flexibility index (Phi) is 12.2. The Balaban J connectivity index is 1.67. The zero-order valence-electron chi connectivity index (χ0n) is 13.1. The van der Waals surface area contributed by atoms with Crippen molar-refractivity contribution in [3.8, 4) is 0 Å². The summed E-state index contributed by atoms with van der Waals surface area (Å²) in [6.07, 6.45) is 15.8. The first-order valence-corrected chi connectivity index (χ1v) is 9.87. The maximum absolute atomic E-state index is 3.64. The highest BCUT2D eigenvalue weighted by molar-refractivity contribution is 7.99. The average molecular weight is 286 g/mol. The normalized spacial score (nSPS) is 19.1. The lowest BCUT2D eigenvalue weighted by Gasteiger charge is -2.09. The van der Waals surface area contributed by atoms with Gasteiger partial charge in [0.05, 0.1) is 0 Å². The van der Waals surface area contributed by atoms with Crippen LogP contribution in [0, 0.1) is 5.92 Å². The van der Waals surface area contributed by atoms with E-state index in [9.17, 15) is 0 Å². The van der Waals surface area contributed by atoms with Crippen molar-refractivity contribution in [1.82, 2.24) is 5.32 Å². The molecule has 0 aromatic rings. The van der Waals surface area contributed by atoms with Gasteiger partial charge < -0.3 is 5.32 Å². The number of rotatable bonds is 13. The average Bonchev–Trinajstić information content (AvgIpc) is 2.93. The molecule has 1 aliphatic heterocycles. The smallest absolute Gasteiger partial charge is 0.00123 e. The highest BCUT2D eigenvalue weighted by Crippen LogP contribution is 2.22. The fraction of sp³-hybridized carbons (Fsp3) is 1.00. The van der Waals surface area contributed by atoms with E-state index >= 15 is 0 Å². The molecule has 1 N–H and O–H groups in total. The second-order valence-corrected chi connectivity index (χ2v) is 7.27. The third kappa shape index (κ3) is 10.7. The van der Waals surface area contributed by atoms with Crippen LogP contribution in [0.3, 0.4) is 0 Å². The minimum Gasteiger partial charge on any atom is -0.316 e. The summed E-state index contributed by atoms with van der Waals surface area (Å²) in [6.45, 7) is 4.81. The Morgan fingerprint density at radius 1 is 0.895 bits per heavy atom. The molecule has 1 nitrogen and oxygen atoms in total. The molecular formula is C17H35NS. The molecule has 2 heteroatoms. The second kappa shape index (κ2) is 13.3. The van der Waals surface area contributed by atoms with E-state index in [1.165, 1.54) is 95.2 Å². The Hall–Kier alpha value is 0.310. The lowest BCUT2D eigenvalue weighted by molar-refractivity contribution is 0.500. The maximum atomic E-state index is 3.64. The van der Waals surface area contributed by atoms with E-state index in [0.717, 1.165) is 5.92 Å². The number of nitrogens with one attached hydrogen (secondary N) is 1. The topological polar surface area (TPSA) is 12.0 Å². The number of hydrogen-bond acceptors (Lipinski definition) is 2. The van der Waals surface area contributed by atoms with Gasteiger partial charge >= 0.3 is 0 Å². The Morgan fingerprint density at radius 2 is 1.53 bits per heavy atom. The van der Waals surface area contributed by atoms with Gasteiger partial charge in [0.1, 0.15) is 0 Å². The summed E-state index contributed by atoms with van der Waals surface area (Å²) in [4.78, 5) is 0. The second-order valence-electron chi connectivity index (χ2n) is 6.12. The molecule has 1 heterocycles. The van der Waals surface area contributed by atoms with Crippen molar-refractivity contribution < 1.29 is 0 Å². The molecule has 19 heavy (non-hydrogen) atoms. The van der Waals surface area contributed by atoms with Gasteiger partial charge in [0.2, 0.25) is 0 Å². The molecule has 1 unspecified atom stereocenters. The van der Waals surface area contributed by atoms with Gasteiger partial charge in [-0.25, -0.2) is 0 Å². The van der Waals surface area contributed by atoms with Crippen molar-refractivity contribution in [2.75, 3.05) is 24.6 Å². The summed E-state index contributed by atoms with van der Waals surface area (Å²) in [5, 5.41) is 3.64. The van der Waals surface area contributed by atoms with Gasteiger partial charge in [-0.1, -0.05) is 64.7 Å². The molecule has 0 amide bonds. The van der Waals surface area contributed by atoms with Crippen molar-refractivity contribution in [2.24, 2.45) is 5.92 Å². The van der Waals surface area contributed by atoms with Crippen molar-refractivity contribution in [3.05, 3.63) is 0 Å². The third-order valence-corrected chi connectivity index (χ3v) is 5.40. The first-order valence-electron chi connectivity index (χ1n) is 8.72. The molecule has 0 aromatic heterocycles. The highest BCUT2D eigenvalue weighted by atomic mass is 32.2. The van der Waals surface area contributed by atoms with E-state index in [2.05, 4.69) is 24.0 Å². The number of hydrogen-bond donors (Lipinski definition) is 1. The lowest BCUT2D eigenvalue weighted by atomic mass is 10.1. The van der Waals surface area contributed by atoms with Crippen LogP contribution in [0.4, 0.5) is 0 Å². The number of thioether (sulfide) groups is 1. The van der Waals surface area contributed by atoms with Crippen LogP contribution >= 0.6 is 11.8 Å².